The highest BCUT2D eigenvalue weighted by atomic mass is 16.3. The van der Waals surface area contributed by atoms with Crippen LogP contribution in [0.25, 0.3) is 0 Å². The molecule has 5 nitrogen and oxygen atoms in total. The molecule has 1 amide bonds. The molecule has 1 rings (SSSR count). The van der Waals surface area contributed by atoms with Crippen LogP contribution >= 0.6 is 0 Å². The van der Waals surface area contributed by atoms with E-state index in [-0.39, 0.29) is 11.9 Å². The van der Waals surface area contributed by atoms with Crippen LogP contribution in [0.2, 0.25) is 0 Å². The zero-order valence-electron chi connectivity index (χ0n) is 10.7. The predicted octanol–water partition coefficient (Wildman–Crippen LogP) is -0.881. The molecule has 16 heavy (non-hydrogen) atoms. The van der Waals surface area contributed by atoms with Crippen molar-refractivity contribution in [1.29, 1.82) is 0 Å². The number of hydrogen-bond donors (Lipinski definition) is 2. The monoisotopic (exact) mass is 229 g/mol. The molecule has 0 aromatic rings. The first-order chi connectivity index (χ1) is 7.32. The molecule has 1 aliphatic rings. The summed E-state index contributed by atoms with van der Waals surface area (Å²) in [6, 6.07) is -0.126. The van der Waals surface area contributed by atoms with Gasteiger partial charge in [0.25, 0.3) is 0 Å². The Labute approximate surface area is 97.4 Å². The van der Waals surface area contributed by atoms with Gasteiger partial charge in [-0.1, -0.05) is 0 Å². The van der Waals surface area contributed by atoms with Crippen LogP contribution in [-0.2, 0) is 4.79 Å². The Bertz CT molecular complexity index is 254. The molecule has 5 heteroatoms. The summed E-state index contributed by atoms with van der Waals surface area (Å²) in [5, 5.41) is 13.2. The Morgan fingerprint density at radius 3 is 2.69 bits per heavy atom. The molecule has 0 aromatic carbocycles. The number of hydrogen-bond acceptors (Lipinski definition) is 4. The molecule has 0 aliphatic carbocycles. The van der Waals surface area contributed by atoms with E-state index in [1.54, 1.807) is 11.8 Å². The van der Waals surface area contributed by atoms with Gasteiger partial charge in [-0.25, -0.2) is 0 Å². The van der Waals surface area contributed by atoms with Crippen molar-refractivity contribution in [1.82, 2.24) is 15.1 Å². The van der Waals surface area contributed by atoms with E-state index in [4.69, 9.17) is 0 Å². The van der Waals surface area contributed by atoms with Crippen LogP contribution in [0.1, 0.15) is 13.3 Å². The highest BCUT2D eigenvalue weighted by Gasteiger charge is 2.31. The summed E-state index contributed by atoms with van der Waals surface area (Å²) in [6.07, 6.45) is 0.827. The van der Waals surface area contributed by atoms with Crippen LogP contribution in [0.3, 0.4) is 0 Å². The first-order valence-electron chi connectivity index (χ1n) is 5.67. The highest BCUT2D eigenvalue weighted by Crippen LogP contribution is 2.10. The molecule has 0 aromatic heterocycles. The van der Waals surface area contributed by atoms with Gasteiger partial charge in [-0.15, -0.1) is 0 Å². The fraction of sp³-hybridized carbons (Fsp3) is 0.909. The second kappa shape index (κ2) is 5.12. The predicted molar refractivity (Wildman–Crippen MR) is 63.2 cm³/mol. The van der Waals surface area contributed by atoms with Gasteiger partial charge in [0.1, 0.15) is 0 Å². The molecule has 2 atom stereocenters. The third-order valence-corrected chi connectivity index (χ3v) is 2.81. The molecule has 0 radical (unpaired) electrons. The SMILES string of the molecule is CN(C)CC(C)(O)CNC1CCN(C)C1=O. The molecule has 0 bridgehead atoms. The summed E-state index contributed by atoms with van der Waals surface area (Å²) >= 11 is 0. The Hall–Kier alpha value is -0.650. The van der Waals surface area contributed by atoms with Gasteiger partial charge in [0.05, 0.1) is 11.6 Å². The van der Waals surface area contributed by atoms with Gasteiger partial charge in [0.2, 0.25) is 5.91 Å². The first kappa shape index (κ1) is 13.4. The molecule has 2 unspecified atom stereocenters. The maximum absolute atomic E-state index is 11.6. The van der Waals surface area contributed by atoms with E-state index in [0.29, 0.717) is 13.1 Å². The smallest absolute Gasteiger partial charge is 0.239 e. The molecule has 2 N–H and O–H groups in total. The van der Waals surface area contributed by atoms with Gasteiger partial charge in [-0.3, -0.25) is 4.79 Å². The van der Waals surface area contributed by atoms with Crippen LogP contribution in [0.15, 0.2) is 0 Å². The van der Waals surface area contributed by atoms with Crippen molar-refractivity contribution < 1.29 is 9.90 Å². The van der Waals surface area contributed by atoms with E-state index >= 15 is 0 Å². The van der Waals surface area contributed by atoms with Crippen molar-refractivity contribution in [3.8, 4) is 0 Å². The minimum Gasteiger partial charge on any atom is -0.388 e. The summed E-state index contributed by atoms with van der Waals surface area (Å²) < 4.78 is 0. The second-order valence-electron chi connectivity index (χ2n) is 5.22. The Balaban J connectivity index is 2.37. The van der Waals surface area contributed by atoms with Gasteiger partial charge < -0.3 is 20.2 Å². The molecular weight excluding hydrogens is 206 g/mol. The van der Waals surface area contributed by atoms with E-state index in [2.05, 4.69) is 5.32 Å². The Morgan fingerprint density at radius 2 is 2.25 bits per heavy atom. The molecule has 94 valence electrons. The standard InChI is InChI=1S/C11H23N3O2/c1-11(16,8-13(2)3)7-12-9-5-6-14(4)10(9)15/h9,12,16H,5-8H2,1-4H3. The number of nitrogens with zero attached hydrogens (tertiary/aromatic N) is 2. The third-order valence-electron chi connectivity index (χ3n) is 2.81. The largest absolute Gasteiger partial charge is 0.388 e. The van der Waals surface area contributed by atoms with E-state index in [1.165, 1.54) is 0 Å². The molecule has 1 heterocycles. The van der Waals surface area contributed by atoms with Gasteiger partial charge in [-0.05, 0) is 27.4 Å². The second-order valence-corrected chi connectivity index (χ2v) is 5.22. The van der Waals surface area contributed by atoms with Crippen LogP contribution in [0, 0.1) is 0 Å². The fourth-order valence-electron chi connectivity index (χ4n) is 2.09. The lowest BCUT2D eigenvalue weighted by Gasteiger charge is -2.28. The fourth-order valence-corrected chi connectivity index (χ4v) is 2.09. The molecule has 0 saturated carbocycles. The average Bonchev–Trinajstić information content (AvgIpc) is 2.43. The number of carbonyl (C=O) groups excluding carboxylic acids is 1. The number of likely N-dealkylation sites (tertiary alicyclic amines) is 1. The van der Waals surface area contributed by atoms with Crippen molar-refractivity contribution in [2.75, 3.05) is 40.8 Å². The van der Waals surface area contributed by atoms with Gasteiger partial charge in [0.15, 0.2) is 0 Å². The van der Waals surface area contributed by atoms with Crippen molar-refractivity contribution in [3.63, 3.8) is 0 Å². The molecule has 1 saturated heterocycles. The summed E-state index contributed by atoms with van der Waals surface area (Å²) in [7, 11) is 5.65. The molecular formula is C11H23N3O2. The number of nitrogens with one attached hydrogen (secondary N) is 1. The number of rotatable bonds is 5. The van der Waals surface area contributed by atoms with Crippen molar-refractivity contribution in [3.05, 3.63) is 0 Å². The number of aliphatic hydroxyl groups is 1. The summed E-state index contributed by atoms with van der Waals surface area (Å²) in [5.41, 5.74) is -0.801. The summed E-state index contributed by atoms with van der Waals surface area (Å²) in [6.45, 7) is 3.60. The minimum absolute atomic E-state index is 0.126. The van der Waals surface area contributed by atoms with Crippen molar-refractivity contribution >= 4 is 5.91 Å². The van der Waals surface area contributed by atoms with Gasteiger partial charge in [-0.2, -0.15) is 0 Å². The molecule has 0 spiro atoms. The summed E-state index contributed by atoms with van der Waals surface area (Å²) in [4.78, 5) is 15.3. The Kier molecular flexibility index (Phi) is 4.29. The zero-order valence-corrected chi connectivity index (χ0v) is 10.7. The summed E-state index contributed by atoms with van der Waals surface area (Å²) in [5.74, 6) is 0.126. The van der Waals surface area contributed by atoms with Crippen molar-refractivity contribution in [2.45, 2.75) is 25.0 Å². The van der Waals surface area contributed by atoms with E-state index < -0.39 is 5.60 Å². The maximum atomic E-state index is 11.6. The van der Waals surface area contributed by atoms with Crippen molar-refractivity contribution in [2.24, 2.45) is 0 Å². The lowest BCUT2D eigenvalue weighted by atomic mass is 10.1. The third kappa shape index (κ3) is 3.73. The normalized spacial score (nSPS) is 25.2. The highest BCUT2D eigenvalue weighted by molar-refractivity contribution is 5.83. The van der Waals surface area contributed by atoms with Crippen LogP contribution in [0.4, 0.5) is 0 Å². The quantitative estimate of drug-likeness (QED) is 0.643. The maximum Gasteiger partial charge on any atom is 0.239 e. The number of likely N-dealkylation sites (N-methyl/N-ethyl adjacent to an activating group) is 2. The van der Waals surface area contributed by atoms with Gasteiger partial charge >= 0.3 is 0 Å². The Morgan fingerprint density at radius 1 is 1.62 bits per heavy atom. The number of carbonyl (C=O) groups is 1. The number of amides is 1. The topological polar surface area (TPSA) is 55.8 Å². The molecule has 1 aliphatic heterocycles. The van der Waals surface area contributed by atoms with E-state index in [0.717, 1.165) is 13.0 Å². The van der Waals surface area contributed by atoms with Gasteiger partial charge in [0, 0.05) is 26.7 Å². The lowest BCUT2D eigenvalue weighted by Crippen LogP contribution is -2.49. The van der Waals surface area contributed by atoms with E-state index in [1.807, 2.05) is 26.0 Å². The van der Waals surface area contributed by atoms with Crippen LogP contribution in [0.5, 0.6) is 0 Å². The van der Waals surface area contributed by atoms with Crippen LogP contribution < -0.4 is 5.32 Å². The lowest BCUT2D eigenvalue weighted by molar-refractivity contribution is -0.128. The van der Waals surface area contributed by atoms with E-state index in [9.17, 15) is 9.90 Å². The molecule has 1 fully saturated rings. The minimum atomic E-state index is -0.801. The zero-order chi connectivity index (χ0) is 12.3. The average molecular weight is 229 g/mol. The first-order valence-corrected chi connectivity index (χ1v) is 5.67. The van der Waals surface area contributed by atoms with Crippen LogP contribution in [-0.4, -0.2) is 73.2 Å².